The number of aromatic nitrogens is 4. The van der Waals surface area contributed by atoms with Gasteiger partial charge in [-0.15, -0.1) is 0 Å². The zero-order chi connectivity index (χ0) is 15.9. The number of methoxy groups -OCH3 is 2. The lowest BCUT2D eigenvalue weighted by Gasteiger charge is -2.09. The van der Waals surface area contributed by atoms with E-state index in [-0.39, 0.29) is 24.8 Å². The smallest absolute Gasteiger partial charge is 0.307 e. The fourth-order valence-electron chi connectivity index (χ4n) is 2.02. The summed E-state index contributed by atoms with van der Waals surface area (Å²) in [6.45, 7) is 0.901. The zero-order valence-electron chi connectivity index (χ0n) is 12.6. The van der Waals surface area contributed by atoms with Crippen LogP contribution < -0.4 is 0 Å². The van der Waals surface area contributed by atoms with Crippen LogP contribution in [0.3, 0.4) is 0 Å². The molecule has 0 aromatic carbocycles. The summed E-state index contributed by atoms with van der Waals surface area (Å²) in [5, 5.41) is 0. The maximum atomic E-state index is 11.3. The van der Waals surface area contributed by atoms with E-state index >= 15 is 0 Å². The highest BCUT2D eigenvalue weighted by molar-refractivity contribution is 5.69. The number of rotatable bonds is 7. The molecule has 0 aliphatic heterocycles. The van der Waals surface area contributed by atoms with E-state index in [2.05, 4.69) is 19.4 Å². The van der Waals surface area contributed by atoms with Crippen LogP contribution in [0.1, 0.15) is 12.8 Å². The molecule has 0 saturated carbocycles. The minimum atomic E-state index is -0.284. The van der Waals surface area contributed by atoms with Gasteiger partial charge in [0, 0.05) is 37.9 Å². The van der Waals surface area contributed by atoms with E-state index < -0.39 is 0 Å². The van der Waals surface area contributed by atoms with Crippen molar-refractivity contribution in [3.05, 3.63) is 24.8 Å². The van der Waals surface area contributed by atoms with Crippen molar-refractivity contribution in [3.8, 4) is 11.6 Å². The molecule has 22 heavy (non-hydrogen) atoms. The fraction of sp³-hybridized carbons (Fsp3) is 0.429. The predicted octanol–water partition coefficient (Wildman–Crippen LogP) is 0.873. The average molecular weight is 306 g/mol. The van der Waals surface area contributed by atoms with Gasteiger partial charge in [0.25, 0.3) is 0 Å². The third-order valence-electron chi connectivity index (χ3n) is 3.20. The molecule has 0 spiro atoms. The molecule has 0 aliphatic carbocycles. The Morgan fingerprint density at radius 1 is 0.909 bits per heavy atom. The Morgan fingerprint density at radius 2 is 1.32 bits per heavy atom. The Hall–Kier alpha value is -2.64. The summed E-state index contributed by atoms with van der Waals surface area (Å²) in [7, 11) is 2.72. The number of imidazole rings is 2. The molecule has 0 N–H and O–H groups in total. The van der Waals surface area contributed by atoms with Gasteiger partial charge in [-0.05, 0) is 0 Å². The molecule has 2 aromatic heterocycles. The normalized spacial score (nSPS) is 10.5. The van der Waals surface area contributed by atoms with Crippen LogP contribution in [0.4, 0.5) is 0 Å². The van der Waals surface area contributed by atoms with Gasteiger partial charge in [-0.1, -0.05) is 0 Å². The molecule has 0 atom stereocenters. The van der Waals surface area contributed by atoms with Gasteiger partial charge in [-0.2, -0.15) is 0 Å². The summed E-state index contributed by atoms with van der Waals surface area (Å²) >= 11 is 0. The van der Waals surface area contributed by atoms with Crippen molar-refractivity contribution >= 4 is 11.9 Å². The van der Waals surface area contributed by atoms with E-state index in [0.717, 1.165) is 0 Å². The summed E-state index contributed by atoms with van der Waals surface area (Å²) < 4.78 is 12.9. The molecule has 2 aromatic rings. The van der Waals surface area contributed by atoms with Crippen LogP contribution in [0.15, 0.2) is 24.8 Å². The number of ether oxygens (including phenoxy) is 2. The highest BCUT2D eigenvalue weighted by Crippen LogP contribution is 2.16. The Kier molecular flexibility index (Phi) is 5.29. The monoisotopic (exact) mass is 306 g/mol. The lowest BCUT2D eigenvalue weighted by molar-refractivity contribution is -0.141. The minimum absolute atomic E-state index is 0.253. The largest absolute Gasteiger partial charge is 0.469 e. The van der Waals surface area contributed by atoms with Gasteiger partial charge in [0.05, 0.1) is 27.1 Å². The van der Waals surface area contributed by atoms with Crippen molar-refractivity contribution in [2.24, 2.45) is 0 Å². The van der Waals surface area contributed by atoms with Gasteiger partial charge in [-0.25, -0.2) is 9.97 Å². The SMILES string of the molecule is COC(=O)CCn1ccnc1-c1nccn1CCC(=O)OC. The highest BCUT2D eigenvalue weighted by Gasteiger charge is 2.14. The third kappa shape index (κ3) is 3.72. The van der Waals surface area contributed by atoms with Crippen LogP contribution in [-0.2, 0) is 32.2 Å². The molecule has 118 valence electrons. The Morgan fingerprint density at radius 3 is 1.68 bits per heavy atom. The van der Waals surface area contributed by atoms with Crippen LogP contribution in [0, 0.1) is 0 Å². The minimum Gasteiger partial charge on any atom is -0.469 e. The number of carbonyl (C=O) groups excluding carboxylic acids is 2. The number of nitrogens with zero attached hydrogens (tertiary/aromatic N) is 4. The first-order chi connectivity index (χ1) is 10.7. The quantitative estimate of drug-likeness (QED) is 0.705. The van der Waals surface area contributed by atoms with Gasteiger partial charge in [0.15, 0.2) is 11.6 Å². The van der Waals surface area contributed by atoms with Gasteiger partial charge in [-0.3, -0.25) is 9.59 Å². The molecule has 0 saturated heterocycles. The van der Waals surface area contributed by atoms with Gasteiger partial charge in [0.2, 0.25) is 0 Å². The molecular weight excluding hydrogens is 288 g/mol. The van der Waals surface area contributed by atoms with Crippen LogP contribution in [-0.4, -0.2) is 45.3 Å². The second-order valence-electron chi connectivity index (χ2n) is 4.54. The maximum Gasteiger partial charge on any atom is 0.307 e. The number of aryl methyl sites for hydroxylation is 2. The summed E-state index contributed by atoms with van der Waals surface area (Å²) in [5.41, 5.74) is 0. The lowest BCUT2D eigenvalue weighted by atomic mass is 10.4. The van der Waals surface area contributed by atoms with Crippen molar-refractivity contribution in [3.63, 3.8) is 0 Å². The first-order valence-corrected chi connectivity index (χ1v) is 6.82. The van der Waals surface area contributed by atoms with Crippen molar-refractivity contribution in [2.75, 3.05) is 14.2 Å². The lowest BCUT2D eigenvalue weighted by Crippen LogP contribution is -2.11. The van der Waals surface area contributed by atoms with E-state index in [1.807, 2.05) is 9.13 Å². The van der Waals surface area contributed by atoms with Crippen molar-refractivity contribution < 1.29 is 19.1 Å². The van der Waals surface area contributed by atoms with Crippen molar-refractivity contribution in [1.29, 1.82) is 0 Å². The second kappa shape index (κ2) is 7.39. The number of esters is 2. The van der Waals surface area contributed by atoms with Crippen molar-refractivity contribution in [1.82, 2.24) is 19.1 Å². The van der Waals surface area contributed by atoms with Crippen LogP contribution >= 0.6 is 0 Å². The van der Waals surface area contributed by atoms with Gasteiger partial charge >= 0.3 is 11.9 Å². The van der Waals surface area contributed by atoms with Gasteiger partial charge < -0.3 is 18.6 Å². The predicted molar refractivity (Wildman–Crippen MR) is 76.7 cm³/mol. The molecule has 8 heteroatoms. The molecule has 0 unspecified atom stereocenters. The molecule has 0 bridgehead atoms. The Balaban J connectivity index is 2.12. The van der Waals surface area contributed by atoms with E-state index in [0.29, 0.717) is 24.7 Å². The highest BCUT2D eigenvalue weighted by atomic mass is 16.5. The summed E-state index contributed by atoms with van der Waals surface area (Å²) in [6.07, 6.45) is 7.35. The topological polar surface area (TPSA) is 88.2 Å². The standard InChI is InChI=1S/C14H18N4O4/c1-21-11(19)3-7-17-9-5-15-13(17)14-16-6-10-18(14)8-4-12(20)22-2/h5-6,9-10H,3-4,7-8H2,1-2H3. The number of hydrogen-bond acceptors (Lipinski definition) is 6. The van der Waals surface area contributed by atoms with E-state index in [1.54, 1.807) is 24.8 Å². The average Bonchev–Trinajstić information content (AvgIpc) is 3.18. The van der Waals surface area contributed by atoms with Crippen LogP contribution in [0.25, 0.3) is 11.6 Å². The Bertz CT molecular complexity index is 591. The fourth-order valence-corrected chi connectivity index (χ4v) is 2.02. The molecule has 8 nitrogen and oxygen atoms in total. The molecule has 0 fully saturated rings. The maximum absolute atomic E-state index is 11.3. The summed E-state index contributed by atoms with van der Waals surface area (Å²) in [5.74, 6) is 0.708. The van der Waals surface area contributed by atoms with Crippen LogP contribution in [0.2, 0.25) is 0 Å². The van der Waals surface area contributed by atoms with E-state index in [9.17, 15) is 9.59 Å². The van der Waals surface area contributed by atoms with E-state index in [1.165, 1.54) is 14.2 Å². The molecular formula is C14H18N4O4. The first-order valence-electron chi connectivity index (χ1n) is 6.82. The summed E-state index contributed by atoms with van der Waals surface area (Å²) in [4.78, 5) is 31.1. The van der Waals surface area contributed by atoms with Gasteiger partial charge in [0.1, 0.15) is 0 Å². The summed E-state index contributed by atoms with van der Waals surface area (Å²) in [6, 6.07) is 0. The Labute approximate surface area is 127 Å². The second-order valence-corrected chi connectivity index (χ2v) is 4.54. The van der Waals surface area contributed by atoms with Crippen LogP contribution in [0.5, 0.6) is 0 Å². The molecule has 0 amide bonds. The van der Waals surface area contributed by atoms with E-state index in [4.69, 9.17) is 0 Å². The molecule has 2 rings (SSSR count). The number of hydrogen-bond donors (Lipinski definition) is 0. The third-order valence-corrected chi connectivity index (χ3v) is 3.20. The molecule has 2 heterocycles. The number of carbonyl (C=O) groups is 2. The van der Waals surface area contributed by atoms with Crippen molar-refractivity contribution in [2.45, 2.75) is 25.9 Å². The first kappa shape index (κ1) is 15.7. The molecule has 0 aliphatic rings. The zero-order valence-corrected chi connectivity index (χ0v) is 12.6. The molecule has 0 radical (unpaired) electrons.